The second-order valence-electron chi connectivity index (χ2n) is 9.07. The smallest absolute Gasteiger partial charge is 0.315 e. The average molecular weight is 490 g/mol. The van der Waals surface area contributed by atoms with E-state index in [4.69, 9.17) is 15.9 Å². The number of amides is 1. The van der Waals surface area contributed by atoms with Gasteiger partial charge in [-0.25, -0.2) is 4.98 Å². The molecule has 1 heterocycles. The van der Waals surface area contributed by atoms with E-state index in [1.165, 1.54) is 0 Å². The quantitative estimate of drug-likeness (QED) is 0.216. The minimum absolute atomic E-state index is 0.0103. The molecule has 1 saturated carbocycles. The minimum atomic E-state index is -0.537. The summed E-state index contributed by atoms with van der Waals surface area (Å²) in [4.78, 5) is 44.6. The number of esters is 1. The number of aromatic nitrogens is 2. The van der Waals surface area contributed by atoms with Crippen LogP contribution in [0.3, 0.4) is 0 Å². The highest BCUT2D eigenvalue weighted by atomic mass is 16.5. The van der Waals surface area contributed by atoms with Crippen LogP contribution in [0.5, 0.6) is 0 Å². The van der Waals surface area contributed by atoms with Crippen LogP contribution in [-0.4, -0.2) is 39.9 Å². The van der Waals surface area contributed by atoms with Gasteiger partial charge in [0, 0.05) is 30.8 Å². The summed E-state index contributed by atoms with van der Waals surface area (Å²) in [7, 11) is 1.70. The third-order valence-corrected chi connectivity index (χ3v) is 6.60. The van der Waals surface area contributed by atoms with Crippen molar-refractivity contribution in [2.75, 3.05) is 11.5 Å². The van der Waals surface area contributed by atoms with E-state index in [0.717, 1.165) is 31.2 Å². The lowest BCUT2D eigenvalue weighted by atomic mass is 10.1. The van der Waals surface area contributed by atoms with Crippen LogP contribution in [0.4, 0.5) is 5.69 Å². The Labute approximate surface area is 209 Å². The van der Waals surface area contributed by atoms with Crippen LogP contribution in [0.2, 0.25) is 0 Å². The molecule has 1 aromatic heterocycles. The van der Waals surface area contributed by atoms with Gasteiger partial charge in [-0.05, 0) is 43.5 Å². The first-order chi connectivity index (χ1) is 17.3. The first-order valence-electron chi connectivity index (χ1n) is 12.2. The third-order valence-electron chi connectivity index (χ3n) is 6.60. The molecule has 1 fully saturated rings. The van der Waals surface area contributed by atoms with Gasteiger partial charge in [0.2, 0.25) is 5.91 Å². The lowest BCUT2D eigenvalue weighted by Crippen LogP contribution is -2.40. The first-order valence-corrected chi connectivity index (χ1v) is 12.2. The van der Waals surface area contributed by atoms with E-state index in [1.54, 1.807) is 41.6 Å². The van der Waals surface area contributed by atoms with Gasteiger partial charge in [-0.2, -0.15) is 0 Å². The Kier molecular flexibility index (Phi) is 7.47. The summed E-state index contributed by atoms with van der Waals surface area (Å²) in [5.74, 6) is -0.849. The van der Waals surface area contributed by atoms with Gasteiger partial charge in [-0.1, -0.05) is 37.1 Å². The minimum Gasteiger partial charge on any atom is -0.466 e. The summed E-state index contributed by atoms with van der Waals surface area (Å²) in [6.07, 6.45) is 3.80. The molecule has 9 heteroatoms. The van der Waals surface area contributed by atoms with E-state index < -0.39 is 5.97 Å². The molecule has 3 aromatic rings. The fourth-order valence-corrected chi connectivity index (χ4v) is 4.78. The van der Waals surface area contributed by atoms with Gasteiger partial charge >= 0.3 is 5.97 Å². The number of ether oxygens (including phenoxy) is 1. The largest absolute Gasteiger partial charge is 0.466 e. The van der Waals surface area contributed by atoms with Crippen molar-refractivity contribution >= 4 is 34.4 Å². The number of amidine groups is 1. The number of aryl methyl sites for hydroxylation is 1. The van der Waals surface area contributed by atoms with Crippen molar-refractivity contribution in [1.82, 2.24) is 9.55 Å². The number of carbonyl (C=O) groups excluding carboxylic acids is 2. The molecular formula is C27H31N5O4. The highest BCUT2D eigenvalue weighted by Gasteiger charge is 2.30. The monoisotopic (exact) mass is 489 g/mol. The molecule has 0 bridgehead atoms. The van der Waals surface area contributed by atoms with Gasteiger partial charge in [0.25, 0.3) is 5.56 Å². The molecule has 1 amide bonds. The molecule has 4 rings (SSSR count). The summed E-state index contributed by atoms with van der Waals surface area (Å²) in [6, 6.07) is 12.6. The second kappa shape index (κ2) is 10.7. The summed E-state index contributed by atoms with van der Waals surface area (Å²) in [5.41, 5.74) is 9.11. The topological polar surface area (TPSA) is 131 Å². The predicted molar refractivity (Wildman–Crippen MR) is 138 cm³/mol. The van der Waals surface area contributed by atoms with Crippen LogP contribution in [0, 0.1) is 5.41 Å². The molecule has 2 aromatic carbocycles. The standard InChI is InChI=1S/C27H31N5O4/c1-3-36-25(34)16-24(33)32(19-6-4-5-7-19)20-12-13-23-21(15-20)30-22(27(35)31(23)2)14-17-8-10-18(11-9-17)26(28)29/h8-13,15,19H,3-7,14,16H2,1-2H3,(H3,28,29). The van der Waals surface area contributed by atoms with Gasteiger partial charge in [-0.15, -0.1) is 0 Å². The maximum Gasteiger partial charge on any atom is 0.315 e. The maximum absolute atomic E-state index is 13.2. The predicted octanol–water partition coefficient (Wildman–Crippen LogP) is 3.04. The van der Waals surface area contributed by atoms with Crippen molar-refractivity contribution in [3.8, 4) is 0 Å². The van der Waals surface area contributed by atoms with Crippen molar-refractivity contribution < 1.29 is 14.3 Å². The summed E-state index contributed by atoms with van der Waals surface area (Å²) in [6.45, 7) is 1.94. The Balaban J connectivity index is 1.70. The number of anilines is 1. The Morgan fingerprint density at radius 3 is 2.50 bits per heavy atom. The molecule has 0 spiro atoms. The molecule has 9 nitrogen and oxygen atoms in total. The zero-order valence-electron chi connectivity index (χ0n) is 20.6. The van der Waals surface area contributed by atoms with E-state index in [0.29, 0.717) is 34.4 Å². The van der Waals surface area contributed by atoms with Gasteiger partial charge in [0.05, 0.1) is 17.6 Å². The van der Waals surface area contributed by atoms with Crippen molar-refractivity contribution in [1.29, 1.82) is 5.41 Å². The number of rotatable bonds is 8. The first kappa shape index (κ1) is 25.1. The molecule has 0 saturated heterocycles. The molecule has 36 heavy (non-hydrogen) atoms. The van der Waals surface area contributed by atoms with Crippen LogP contribution in [-0.2, 0) is 27.8 Å². The van der Waals surface area contributed by atoms with E-state index in [2.05, 4.69) is 4.98 Å². The molecule has 0 radical (unpaired) electrons. The van der Waals surface area contributed by atoms with Crippen molar-refractivity contribution in [3.63, 3.8) is 0 Å². The molecule has 0 atom stereocenters. The highest BCUT2D eigenvalue weighted by Crippen LogP contribution is 2.30. The van der Waals surface area contributed by atoms with Gasteiger partial charge in [0.15, 0.2) is 0 Å². The number of benzene rings is 2. The van der Waals surface area contributed by atoms with E-state index in [1.807, 2.05) is 24.3 Å². The van der Waals surface area contributed by atoms with Crippen molar-refractivity contribution in [3.05, 3.63) is 69.6 Å². The zero-order valence-corrected chi connectivity index (χ0v) is 20.6. The average Bonchev–Trinajstić information content (AvgIpc) is 3.37. The SMILES string of the molecule is CCOC(=O)CC(=O)N(c1ccc2c(c1)nc(Cc1ccc(C(=N)N)cc1)c(=O)n2C)C1CCCC1. The number of hydrogen-bond donors (Lipinski definition) is 2. The van der Waals surface area contributed by atoms with Crippen LogP contribution in [0.25, 0.3) is 11.0 Å². The molecule has 1 aliphatic rings. The van der Waals surface area contributed by atoms with E-state index in [-0.39, 0.29) is 36.4 Å². The molecule has 3 N–H and O–H groups in total. The Morgan fingerprint density at radius 1 is 1.17 bits per heavy atom. The number of hydrogen-bond acceptors (Lipinski definition) is 6. The Morgan fingerprint density at radius 2 is 1.86 bits per heavy atom. The third kappa shape index (κ3) is 5.30. The van der Waals surface area contributed by atoms with Gasteiger partial charge in [0.1, 0.15) is 18.0 Å². The maximum atomic E-state index is 13.2. The van der Waals surface area contributed by atoms with Crippen LogP contribution >= 0.6 is 0 Å². The lowest BCUT2D eigenvalue weighted by Gasteiger charge is -2.29. The number of nitrogen functional groups attached to an aromatic ring is 1. The summed E-state index contributed by atoms with van der Waals surface area (Å²) in [5, 5.41) is 7.54. The highest BCUT2D eigenvalue weighted by molar-refractivity contribution is 6.04. The van der Waals surface area contributed by atoms with Crippen LogP contribution in [0.15, 0.2) is 47.3 Å². The fourth-order valence-electron chi connectivity index (χ4n) is 4.78. The Hall–Kier alpha value is -4.01. The summed E-state index contributed by atoms with van der Waals surface area (Å²) >= 11 is 0. The second-order valence-corrected chi connectivity index (χ2v) is 9.07. The van der Waals surface area contributed by atoms with Gasteiger partial charge in [-0.3, -0.25) is 19.8 Å². The number of nitrogens with one attached hydrogen (secondary N) is 1. The van der Waals surface area contributed by atoms with Gasteiger partial charge < -0.3 is 19.9 Å². The molecule has 1 aliphatic carbocycles. The molecular weight excluding hydrogens is 458 g/mol. The number of nitrogens with two attached hydrogens (primary N) is 1. The fraction of sp³-hybridized carbons (Fsp3) is 0.370. The number of carbonyl (C=O) groups is 2. The van der Waals surface area contributed by atoms with E-state index in [9.17, 15) is 14.4 Å². The molecule has 0 unspecified atom stereocenters. The normalized spacial score (nSPS) is 13.6. The number of fused-ring (bicyclic) bond motifs is 1. The van der Waals surface area contributed by atoms with Crippen molar-refractivity contribution in [2.24, 2.45) is 12.8 Å². The Bertz CT molecular complexity index is 1360. The molecule has 0 aliphatic heterocycles. The number of nitrogens with zero attached hydrogens (tertiary/aromatic N) is 3. The summed E-state index contributed by atoms with van der Waals surface area (Å²) < 4.78 is 6.56. The lowest BCUT2D eigenvalue weighted by molar-refractivity contribution is -0.145. The van der Waals surface area contributed by atoms with Crippen molar-refractivity contribution in [2.45, 2.75) is 51.5 Å². The van der Waals surface area contributed by atoms with Crippen LogP contribution < -0.4 is 16.2 Å². The zero-order chi connectivity index (χ0) is 25.8. The van der Waals surface area contributed by atoms with Crippen LogP contribution in [0.1, 0.15) is 55.8 Å². The van der Waals surface area contributed by atoms with E-state index >= 15 is 0 Å². The molecule has 188 valence electrons.